The number of unbranched alkanes of at least 4 members (excludes halogenated alkanes) is 1. The largest absolute Gasteiger partial charge is 0.396 e. The van der Waals surface area contributed by atoms with Crippen molar-refractivity contribution in [1.82, 2.24) is 10.6 Å². The van der Waals surface area contributed by atoms with Crippen molar-refractivity contribution in [2.75, 3.05) is 19.7 Å². The molecule has 3 N–H and O–H groups in total. The van der Waals surface area contributed by atoms with Gasteiger partial charge in [0.1, 0.15) is 0 Å². The van der Waals surface area contributed by atoms with Gasteiger partial charge in [0, 0.05) is 19.2 Å². The number of nitrogens with one attached hydrogen (secondary N) is 2. The van der Waals surface area contributed by atoms with Crippen LogP contribution in [0.15, 0.2) is 18.2 Å². The number of amides is 1. The average molecular weight is 479 g/mol. The van der Waals surface area contributed by atoms with Gasteiger partial charge in [-0.2, -0.15) is 0 Å². The lowest BCUT2D eigenvalue weighted by Gasteiger charge is -2.45. The Morgan fingerprint density at radius 2 is 1.97 bits per heavy atom. The first-order valence-corrected chi connectivity index (χ1v) is 13.3. The number of rotatable bonds is 13. The number of aliphatic hydroxyl groups excluding tert-OH is 1. The van der Waals surface area contributed by atoms with Gasteiger partial charge in [-0.3, -0.25) is 4.79 Å². The fourth-order valence-electron chi connectivity index (χ4n) is 5.89. The maximum Gasteiger partial charge on any atom is 0.252 e. The van der Waals surface area contributed by atoms with E-state index in [4.69, 9.17) is 11.6 Å². The third kappa shape index (κ3) is 8.56. The van der Waals surface area contributed by atoms with Crippen LogP contribution < -0.4 is 10.6 Å². The SMILES string of the molecule is C.CCCCC(CCO)NCCCc1ccc(Cl)c(C(=O)NCC23CCCC(CCC2)C3)c1. The van der Waals surface area contributed by atoms with E-state index < -0.39 is 0 Å². The number of carbonyl (C=O) groups is 1. The molecule has 2 saturated carbocycles. The summed E-state index contributed by atoms with van der Waals surface area (Å²) in [6.07, 6.45) is 15.4. The summed E-state index contributed by atoms with van der Waals surface area (Å²) in [5, 5.41) is 16.6. The van der Waals surface area contributed by atoms with Crippen molar-refractivity contribution in [3.63, 3.8) is 0 Å². The van der Waals surface area contributed by atoms with Crippen LogP contribution in [0.3, 0.4) is 0 Å². The summed E-state index contributed by atoms with van der Waals surface area (Å²) in [6.45, 7) is 4.14. The van der Waals surface area contributed by atoms with E-state index in [0.29, 0.717) is 22.0 Å². The summed E-state index contributed by atoms with van der Waals surface area (Å²) in [7, 11) is 0. The minimum atomic E-state index is -0.0281. The lowest BCUT2D eigenvalue weighted by Crippen LogP contribution is -2.43. The highest BCUT2D eigenvalue weighted by molar-refractivity contribution is 6.33. The van der Waals surface area contributed by atoms with Crippen molar-refractivity contribution in [2.45, 2.75) is 104 Å². The maximum absolute atomic E-state index is 13.0. The van der Waals surface area contributed by atoms with Crippen LogP contribution >= 0.6 is 11.6 Å². The van der Waals surface area contributed by atoms with Gasteiger partial charge in [-0.1, -0.05) is 70.5 Å². The van der Waals surface area contributed by atoms with Gasteiger partial charge in [0.15, 0.2) is 0 Å². The number of hydrogen-bond acceptors (Lipinski definition) is 3. The molecule has 0 spiro atoms. The molecule has 0 heterocycles. The summed E-state index contributed by atoms with van der Waals surface area (Å²) in [5.41, 5.74) is 2.08. The van der Waals surface area contributed by atoms with Crippen LogP contribution in [0.2, 0.25) is 5.02 Å². The van der Waals surface area contributed by atoms with Crippen molar-refractivity contribution in [1.29, 1.82) is 0 Å². The molecule has 3 rings (SSSR count). The minimum Gasteiger partial charge on any atom is -0.396 e. The third-order valence-corrected chi connectivity index (χ3v) is 8.05. The molecule has 0 radical (unpaired) electrons. The highest BCUT2D eigenvalue weighted by Gasteiger charge is 2.39. The zero-order valence-corrected chi connectivity index (χ0v) is 20.7. The van der Waals surface area contributed by atoms with E-state index in [1.54, 1.807) is 0 Å². The van der Waals surface area contributed by atoms with Gasteiger partial charge in [-0.15, -0.1) is 0 Å². The Morgan fingerprint density at radius 3 is 2.67 bits per heavy atom. The molecular weight excluding hydrogens is 432 g/mol. The van der Waals surface area contributed by atoms with E-state index in [1.165, 1.54) is 57.8 Å². The van der Waals surface area contributed by atoms with E-state index in [1.807, 2.05) is 18.2 Å². The van der Waals surface area contributed by atoms with Crippen LogP contribution in [0, 0.1) is 11.3 Å². The van der Waals surface area contributed by atoms with Crippen LogP contribution in [0.25, 0.3) is 0 Å². The number of fused-ring (bicyclic) bond motifs is 2. The molecule has 2 bridgehead atoms. The van der Waals surface area contributed by atoms with E-state index in [9.17, 15) is 9.90 Å². The third-order valence-electron chi connectivity index (χ3n) is 7.72. The molecule has 2 fully saturated rings. The topological polar surface area (TPSA) is 61.4 Å². The summed E-state index contributed by atoms with van der Waals surface area (Å²) in [5.74, 6) is 0.841. The lowest BCUT2D eigenvalue weighted by atomic mass is 9.62. The number of benzene rings is 1. The first-order valence-electron chi connectivity index (χ1n) is 13.0. The molecule has 188 valence electrons. The summed E-state index contributed by atoms with van der Waals surface area (Å²) in [4.78, 5) is 13.0. The van der Waals surface area contributed by atoms with Gasteiger partial charge in [0.05, 0.1) is 10.6 Å². The first kappa shape index (κ1) is 28.1. The highest BCUT2D eigenvalue weighted by Crippen LogP contribution is 2.48. The van der Waals surface area contributed by atoms with Crippen LogP contribution in [-0.4, -0.2) is 36.8 Å². The highest BCUT2D eigenvalue weighted by atomic mass is 35.5. The number of hydrogen-bond donors (Lipinski definition) is 3. The van der Waals surface area contributed by atoms with Crippen molar-refractivity contribution in [3.05, 3.63) is 34.3 Å². The maximum atomic E-state index is 13.0. The Labute approximate surface area is 207 Å². The second-order valence-electron chi connectivity index (χ2n) is 10.3. The quantitative estimate of drug-likeness (QED) is 0.282. The molecule has 4 nitrogen and oxygen atoms in total. The summed E-state index contributed by atoms with van der Waals surface area (Å²) < 4.78 is 0. The molecule has 1 aromatic rings. The normalized spacial score (nSPS) is 22.9. The Hall–Kier alpha value is -1.10. The Morgan fingerprint density at radius 1 is 1.21 bits per heavy atom. The molecule has 0 aromatic heterocycles. The second-order valence-corrected chi connectivity index (χ2v) is 10.7. The van der Waals surface area contributed by atoms with Crippen molar-refractivity contribution < 1.29 is 9.90 Å². The van der Waals surface area contributed by atoms with E-state index in [2.05, 4.69) is 17.6 Å². The van der Waals surface area contributed by atoms with Crippen LogP contribution in [-0.2, 0) is 6.42 Å². The van der Waals surface area contributed by atoms with Crippen LogP contribution in [0.5, 0.6) is 0 Å². The van der Waals surface area contributed by atoms with Gasteiger partial charge < -0.3 is 15.7 Å². The van der Waals surface area contributed by atoms with Gasteiger partial charge in [-0.25, -0.2) is 0 Å². The smallest absolute Gasteiger partial charge is 0.252 e. The van der Waals surface area contributed by atoms with Gasteiger partial charge in [0.2, 0.25) is 0 Å². The number of halogens is 1. The molecule has 0 saturated heterocycles. The van der Waals surface area contributed by atoms with E-state index >= 15 is 0 Å². The van der Waals surface area contributed by atoms with Crippen LogP contribution in [0.1, 0.15) is 107 Å². The first-order chi connectivity index (χ1) is 15.5. The lowest BCUT2D eigenvalue weighted by molar-refractivity contribution is 0.0681. The fraction of sp³-hybridized carbons (Fsp3) is 0.750. The van der Waals surface area contributed by atoms with Crippen molar-refractivity contribution in [2.24, 2.45) is 11.3 Å². The standard InChI is InChI=1S/C27H43ClN2O2.CH4/c1-2-3-10-23(13-17-31)29-16-6-9-21-11-12-25(28)24(18-21)26(32)30-20-27-14-4-7-22(19-27)8-5-15-27;/h11-12,18,22-23,29,31H,2-10,13-17,19-20H2,1H3,(H,30,32);1H4. The molecule has 1 unspecified atom stereocenters. The Bertz CT molecular complexity index is 714. The molecule has 1 amide bonds. The van der Waals surface area contributed by atoms with Gasteiger partial charge in [-0.05, 0) is 80.5 Å². The average Bonchev–Trinajstić information content (AvgIpc) is 2.79. The summed E-state index contributed by atoms with van der Waals surface area (Å²) >= 11 is 6.40. The van der Waals surface area contributed by atoms with Crippen molar-refractivity contribution in [3.8, 4) is 0 Å². The Balaban J connectivity index is 0.00000385. The number of aryl methyl sites for hydroxylation is 1. The van der Waals surface area contributed by atoms with Gasteiger partial charge in [0.25, 0.3) is 5.91 Å². The predicted octanol–water partition coefficient (Wildman–Crippen LogP) is 6.53. The van der Waals surface area contributed by atoms with Crippen molar-refractivity contribution >= 4 is 17.5 Å². The zero-order chi connectivity index (χ0) is 22.8. The molecule has 2 aliphatic carbocycles. The molecule has 0 aliphatic heterocycles. The second kappa shape index (κ2) is 14.3. The monoisotopic (exact) mass is 478 g/mol. The molecule has 5 heteroatoms. The predicted molar refractivity (Wildman–Crippen MR) is 140 cm³/mol. The summed E-state index contributed by atoms with van der Waals surface area (Å²) in [6, 6.07) is 6.27. The molecule has 1 aromatic carbocycles. The molecule has 33 heavy (non-hydrogen) atoms. The van der Waals surface area contributed by atoms with Crippen LogP contribution in [0.4, 0.5) is 0 Å². The van der Waals surface area contributed by atoms with E-state index in [0.717, 1.165) is 50.3 Å². The zero-order valence-electron chi connectivity index (χ0n) is 19.9. The Kier molecular flexibility index (Phi) is 12.2. The number of carbonyl (C=O) groups excluding carboxylic acids is 1. The number of aliphatic hydroxyl groups is 1. The van der Waals surface area contributed by atoms with Gasteiger partial charge >= 0.3 is 0 Å². The minimum absolute atomic E-state index is 0. The molecule has 1 atom stereocenters. The fourth-order valence-corrected chi connectivity index (χ4v) is 6.09. The molecular formula is C28H47ClN2O2. The molecule has 2 aliphatic rings. The van der Waals surface area contributed by atoms with E-state index in [-0.39, 0.29) is 19.9 Å².